The van der Waals surface area contributed by atoms with Crippen LogP contribution in [0, 0.1) is 5.41 Å². The fraction of sp³-hybridized carbons (Fsp3) is 0.368. The molecule has 3 rings (SSSR count). The van der Waals surface area contributed by atoms with Crippen molar-refractivity contribution in [2.75, 3.05) is 26.4 Å². The zero-order valence-electron chi connectivity index (χ0n) is 12.7. The molecule has 116 valence electrons. The summed E-state index contributed by atoms with van der Waals surface area (Å²) in [7, 11) is 0. The molecule has 0 aliphatic carbocycles. The Bertz CT molecular complexity index is 561. The van der Waals surface area contributed by atoms with Gasteiger partial charge in [0, 0.05) is 12.6 Å². The zero-order chi connectivity index (χ0) is 15.3. The first kappa shape index (κ1) is 15.2. The second-order valence-corrected chi connectivity index (χ2v) is 6.18. The molecule has 0 bridgehead atoms. The molecule has 1 aliphatic rings. The summed E-state index contributed by atoms with van der Waals surface area (Å²) >= 11 is 0. The van der Waals surface area contributed by atoms with Crippen LogP contribution in [0.5, 0.6) is 0 Å². The van der Waals surface area contributed by atoms with Crippen molar-refractivity contribution in [1.82, 2.24) is 5.32 Å². The Morgan fingerprint density at radius 3 is 2.18 bits per heavy atom. The highest BCUT2D eigenvalue weighted by Gasteiger charge is 2.38. The number of aliphatic hydroxyl groups excluding tert-OH is 1. The van der Waals surface area contributed by atoms with E-state index in [1.165, 1.54) is 11.1 Å². The van der Waals surface area contributed by atoms with Gasteiger partial charge >= 0.3 is 0 Å². The Morgan fingerprint density at radius 1 is 1.00 bits per heavy atom. The average Bonchev–Trinajstić information content (AvgIpc) is 2.55. The predicted octanol–water partition coefficient (Wildman–Crippen LogP) is 2.57. The van der Waals surface area contributed by atoms with Gasteiger partial charge in [-0.3, -0.25) is 0 Å². The summed E-state index contributed by atoms with van der Waals surface area (Å²) in [6, 6.07) is 21.3. The molecule has 1 atom stereocenters. The molecule has 1 fully saturated rings. The van der Waals surface area contributed by atoms with Crippen molar-refractivity contribution in [2.24, 2.45) is 5.41 Å². The average molecular weight is 297 g/mol. The summed E-state index contributed by atoms with van der Waals surface area (Å²) < 4.78 is 5.29. The van der Waals surface area contributed by atoms with Gasteiger partial charge < -0.3 is 15.2 Å². The third kappa shape index (κ3) is 3.55. The van der Waals surface area contributed by atoms with Crippen molar-refractivity contribution in [3.05, 3.63) is 71.8 Å². The maximum atomic E-state index is 9.59. The van der Waals surface area contributed by atoms with Crippen LogP contribution in [0.2, 0.25) is 0 Å². The van der Waals surface area contributed by atoms with E-state index in [2.05, 4.69) is 53.8 Å². The lowest BCUT2D eigenvalue weighted by molar-refractivity contribution is -0.135. The van der Waals surface area contributed by atoms with Crippen LogP contribution in [0.4, 0.5) is 0 Å². The van der Waals surface area contributed by atoms with Gasteiger partial charge in [-0.2, -0.15) is 0 Å². The maximum absolute atomic E-state index is 9.59. The van der Waals surface area contributed by atoms with Gasteiger partial charge in [0.2, 0.25) is 0 Å². The van der Waals surface area contributed by atoms with Crippen molar-refractivity contribution in [3.63, 3.8) is 0 Å². The molecule has 1 heterocycles. The second-order valence-electron chi connectivity index (χ2n) is 6.18. The first-order valence-corrected chi connectivity index (χ1v) is 7.82. The van der Waals surface area contributed by atoms with E-state index in [-0.39, 0.29) is 18.1 Å². The summed E-state index contributed by atoms with van der Waals surface area (Å²) in [5, 5.41) is 13.2. The molecule has 0 spiro atoms. The van der Waals surface area contributed by atoms with Gasteiger partial charge in [-0.1, -0.05) is 60.7 Å². The SMILES string of the molecule is OCC1(CNC(Cc2ccccc2)c2ccccc2)COC1. The minimum Gasteiger partial charge on any atom is -0.396 e. The summed E-state index contributed by atoms with van der Waals surface area (Å²) in [5.41, 5.74) is 2.48. The molecule has 1 unspecified atom stereocenters. The Labute approximate surface area is 131 Å². The van der Waals surface area contributed by atoms with Gasteiger partial charge in [0.15, 0.2) is 0 Å². The van der Waals surface area contributed by atoms with Crippen molar-refractivity contribution in [3.8, 4) is 0 Å². The largest absolute Gasteiger partial charge is 0.396 e. The van der Waals surface area contributed by atoms with Gasteiger partial charge in [0.05, 0.1) is 25.2 Å². The van der Waals surface area contributed by atoms with Crippen LogP contribution >= 0.6 is 0 Å². The number of rotatable bonds is 7. The lowest BCUT2D eigenvalue weighted by Gasteiger charge is -2.41. The Balaban J connectivity index is 1.71. The van der Waals surface area contributed by atoms with Crippen molar-refractivity contribution >= 4 is 0 Å². The molecule has 0 saturated carbocycles. The van der Waals surface area contributed by atoms with E-state index in [9.17, 15) is 5.11 Å². The van der Waals surface area contributed by atoms with Gasteiger partial charge in [-0.15, -0.1) is 0 Å². The monoisotopic (exact) mass is 297 g/mol. The topological polar surface area (TPSA) is 41.5 Å². The fourth-order valence-electron chi connectivity index (χ4n) is 2.82. The van der Waals surface area contributed by atoms with E-state index in [0.717, 1.165) is 13.0 Å². The van der Waals surface area contributed by atoms with Crippen LogP contribution in [0.3, 0.4) is 0 Å². The van der Waals surface area contributed by atoms with Gasteiger partial charge in [0.25, 0.3) is 0 Å². The third-order valence-electron chi connectivity index (χ3n) is 4.36. The maximum Gasteiger partial charge on any atom is 0.0579 e. The number of nitrogens with one attached hydrogen (secondary N) is 1. The second kappa shape index (κ2) is 7.05. The van der Waals surface area contributed by atoms with Crippen molar-refractivity contribution in [2.45, 2.75) is 12.5 Å². The summed E-state index contributed by atoms with van der Waals surface area (Å²) in [6.07, 6.45) is 0.938. The normalized spacial score (nSPS) is 17.7. The van der Waals surface area contributed by atoms with Crippen LogP contribution in [-0.2, 0) is 11.2 Å². The summed E-state index contributed by atoms with van der Waals surface area (Å²) in [6.45, 7) is 2.23. The number of benzene rings is 2. The summed E-state index contributed by atoms with van der Waals surface area (Å²) in [4.78, 5) is 0. The quantitative estimate of drug-likeness (QED) is 0.825. The molecule has 3 heteroatoms. The Kier molecular flexibility index (Phi) is 4.88. The number of aliphatic hydroxyl groups is 1. The number of ether oxygens (including phenoxy) is 1. The van der Waals surface area contributed by atoms with E-state index in [4.69, 9.17) is 4.74 Å². The molecule has 0 amide bonds. The highest BCUT2D eigenvalue weighted by Crippen LogP contribution is 2.27. The molecular formula is C19H23NO2. The van der Waals surface area contributed by atoms with Crippen LogP contribution in [0.1, 0.15) is 17.2 Å². The Morgan fingerprint density at radius 2 is 1.64 bits per heavy atom. The smallest absolute Gasteiger partial charge is 0.0579 e. The van der Waals surface area contributed by atoms with E-state index in [1.807, 2.05) is 12.1 Å². The molecule has 3 nitrogen and oxygen atoms in total. The molecule has 0 aromatic heterocycles. The van der Waals surface area contributed by atoms with Crippen molar-refractivity contribution < 1.29 is 9.84 Å². The van der Waals surface area contributed by atoms with Crippen LogP contribution in [-0.4, -0.2) is 31.5 Å². The van der Waals surface area contributed by atoms with E-state index >= 15 is 0 Å². The van der Waals surface area contributed by atoms with Crippen LogP contribution < -0.4 is 5.32 Å². The molecule has 0 radical (unpaired) electrons. The molecule has 2 aromatic carbocycles. The number of hydrogen-bond donors (Lipinski definition) is 2. The van der Waals surface area contributed by atoms with E-state index < -0.39 is 0 Å². The molecule has 2 aromatic rings. The minimum absolute atomic E-state index is 0.107. The van der Waals surface area contributed by atoms with Gasteiger partial charge in [-0.25, -0.2) is 0 Å². The molecule has 2 N–H and O–H groups in total. The van der Waals surface area contributed by atoms with Crippen LogP contribution in [0.15, 0.2) is 60.7 Å². The Hall–Kier alpha value is -1.68. The zero-order valence-corrected chi connectivity index (χ0v) is 12.7. The molecule has 22 heavy (non-hydrogen) atoms. The van der Waals surface area contributed by atoms with Crippen LogP contribution in [0.25, 0.3) is 0 Å². The fourth-order valence-corrected chi connectivity index (χ4v) is 2.82. The molecule has 1 aliphatic heterocycles. The number of hydrogen-bond acceptors (Lipinski definition) is 3. The highest BCUT2D eigenvalue weighted by atomic mass is 16.5. The molecule has 1 saturated heterocycles. The third-order valence-corrected chi connectivity index (χ3v) is 4.36. The van der Waals surface area contributed by atoms with Gasteiger partial charge in [-0.05, 0) is 17.5 Å². The molecular weight excluding hydrogens is 274 g/mol. The van der Waals surface area contributed by atoms with E-state index in [1.54, 1.807) is 0 Å². The predicted molar refractivity (Wildman–Crippen MR) is 87.7 cm³/mol. The highest BCUT2D eigenvalue weighted by molar-refractivity contribution is 5.23. The first-order chi connectivity index (χ1) is 10.8. The standard InChI is InChI=1S/C19H23NO2/c21-13-19(14-22-15-19)12-20-18(17-9-5-2-6-10-17)11-16-7-3-1-4-8-16/h1-10,18,20-21H,11-15H2. The van der Waals surface area contributed by atoms with Crippen molar-refractivity contribution in [1.29, 1.82) is 0 Å². The lowest BCUT2D eigenvalue weighted by Crippen LogP contribution is -2.52. The lowest BCUT2D eigenvalue weighted by atomic mass is 9.86. The van der Waals surface area contributed by atoms with E-state index in [0.29, 0.717) is 13.2 Å². The minimum atomic E-state index is -0.107. The first-order valence-electron chi connectivity index (χ1n) is 7.82. The summed E-state index contributed by atoms with van der Waals surface area (Å²) in [5.74, 6) is 0. The van der Waals surface area contributed by atoms with Gasteiger partial charge in [0.1, 0.15) is 0 Å².